The van der Waals surface area contributed by atoms with E-state index < -0.39 is 0 Å². The lowest BCUT2D eigenvalue weighted by Gasteiger charge is -2.33. The van der Waals surface area contributed by atoms with Crippen LogP contribution in [-0.2, 0) is 0 Å². The van der Waals surface area contributed by atoms with Gasteiger partial charge in [0.05, 0.1) is 0 Å². The van der Waals surface area contributed by atoms with E-state index in [1.54, 1.807) is 0 Å². The predicted octanol–water partition coefficient (Wildman–Crippen LogP) is 0.921. The molecule has 0 radical (unpaired) electrons. The molecule has 1 saturated heterocycles. The summed E-state index contributed by atoms with van der Waals surface area (Å²) in [6, 6.07) is 0.464. The van der Waals surface area contributed by atoms with Crippen LogP contribution in [0.5, 0.6) is 0 Å². The van der Waals surface area contributed by atoms with Crippen LogP contribution in [0.3, 0.4) is 0 Å². The van der Waals surface area contributed by atoms with Gasteiger partial charge in [0.2, 0.25) is 17.8 Å². The SMILES string of the molecule is CNc1nc(N(C)C)nc(N2CCSCC2C)n1. The zero-order valence-corrected chi connectivity index (χ0v) is 12.2. The molecule has 0 aliphatic carbocycles. The third kappa shape index (κ3) is 2.77. The summed E-state index contributed by atoms with van der Waals surface area (Å²) >= 11 is 1.98. The second-order valence-corrected chi connectivity index (χ2v) is 5.67. The maximum absolute atomic E-state index is 4.54. The van der Waals surface area contributed by atoms with E-state index in [0.29, 0.717) is 17.9 Å². The van der Waals surface area contributed by atoms with Gasteiger partial charge in [-0.25, -0.2) is 0 Å². The van der Waals surface area contributed by atoms with Crippen molar-refractivity contribution in [1.82, 2.24) is 15.0 Å². The molecule has 1 fully saturated rings. The van der Waals surface area contributed by atoms with Crippen molar-refractivity contribution in [2.75, 3.05) is 54.3 Å². The van der Waals surface area contributed by atoms with Crippen LogP contribution < -0.4 is 15.1 Å². The lowest BCUT2D eigenvalue weighted by molar-refractivity contribution is 0.674. The maximum Gasteiger partial charge on any atom is 0.232 e. The summed E-state index contributed by atoms with van der Waals surface area (Å²) in [5.41, 5.74) is 0. The number of hydrogen-bond donors (Lipinski definition) is 1. The number of anilines is 3. The van der Waals surface area contributed by atoms with Crippen LogP contribution >= 0.6 is 11.8 Å². The van der Waals surface area contributed by atoms with Crippen LogP contribution in [0, 0.1) is 0 Å². The van der Waals surface area contributed by atoms with Gasteiger partial charge in [-0.1, -0.05) is 0 Å². The lowest BCUT2D eigenvalue weighted by Crippen LogP contribution is -2.41. The molecule has 0 spiro atoms. The Morgan fingerprint density at radius 2 is 2.11 bits per heavy atom. The smallest absolute Gasteiger partial charge is 0.232 e. The molecule has 7 heteroatoms. The molecule has 1 aromatic heterocycles. The molecule has 1 N–H and O–H groups in total. The Bertz CT molecular complexity index is 411. The summed E-state index contributed by atoms with van der Waals surface area (Å²) in [4.78, 5) is 17.5. The molecule has 18 heavy (non-hydrogen) atoms. The molecule has 0 amide bonds. The number of nitrogens with zero attached hydrogens (tertiary/aromatic N) is 5. The van der Waals surface area contributed by atoms with Gasteiger partial charge in [0, 0.05) is 45.2 Å². The molecular formula is C11H20N6S. The van der Waals surface area contributed by atoms with Crippen molar-refractivity contribution < 1.29 is 0 Å². The van der Waals surface area contributed by atoms with Crippen LogP contribution in [-0.4, -0.2) is 60.2 Å². The van der Waals surface area contributed by atoms with Crippen molar-refractivity contribution in [1.29, 1.82) is 0 Å². The molecule has 6 nitrogen and oxygen atoms in total. The highest BCUT2D eigenvalue weighted by Gasteiger charge is 2.22. The van der Waals surface area contributed by atoms with Gasteiger partial charge in [-0.15, -0.1) is 0 Å². The lowest BCUT2D eigenvalue weighted by atomic mass is 10.3. The summed E-state index contributed by atoms with van der Waals surface area (Å²) in [5, 5.41) is 3.00. The minimum absolute atomic E-state index is 0.464. The van der Waals surface area contributed by atoms with E-state index in [4.69, 9.17) is 0 Å². The Morgan fingerprint density at radius 3 is 2.72 bits per heavy atom. The van der Waals surface area contributed by atoms with Gasteiger partial charge < -0.3 is 15.1 Å². The van der Waals surface area contributed by atoms with Gasteiger partial charge in [0.1, 0.15) is 0 Å². The van der Waals surface area contributed by atoms with Crippen LogP contribution in [0.4, 0.5) is 17.8 Å². The second-order valence-electron chi connectivity index (χ2n) is 4.52. The molecule has 2 heterocycles. The van der Waals surface area contributed by atoms with Crippen molar-refractivity contribution in [3.05, 3.63) is 0 Å². The summed E-state index contributed by atoms with van der Waals surface area (Å²) in [6.45, 7) is 3.20. The molecule has 0 saturated carbocycles. The zero-order chi connectivity index (χ0) is 13.1. The summed E-state index contributed by atoms with van der Waals surface area (Å²) in [7, 11) is 5.70. The van der Waals surface area contributed by atoms with Crippen LogP contribution in [0.2, 0.25) is 0 Å². The molecule has 1 aromatic rings. The first-order valence-corrected chi connectivity index (χ1v) is 7.23. The first-order chi connectivity index (χ1) is 8.61. The van der Waals surface area contributed by atoms with Crippen molar-refractivity contribution in [3.8, 4) is 0 Å². The largest absolute Gasteiger partial charge is 0.357 e. The van der Waals surface area contributed by atoms with Crippen LogP contribution in [0.25, 0.3) is 0 Å². The molecular weight excluding hydrogens is 248 g/mol. The number of hydrogen-bond acceptors (Lipinski definition) is 7. The van der Waals surface area contributed by atoms with Gasteiger partial charge in [-0.3, -0.25) is 0 Å². The summed E-state index contributed by atoms with van der Waals surface area (Å²) in [5.74, 6) is 4.33. The molecule has 1 unspecified atom stereocenters. The minimum atomic E-state index is 0.464. The van der Waals surface area contributed by atoms with Gasteiger partial charge in [0.15, 0.2) is 0 Å². The monoisotopic (exact) mass is 268 g/mol. The highest BCUT2D eigenvalue weighted by molar-refractivity contribution is 7.99. The molecule has 0 aromatic carbocycles. The average Bonchev–Trinajstić information content (AvgIpc) is 2.38. The molecule has 1 atom stereocenters. The van der Waals surface area contributed by atoms with E-state index >= 15 is 0 Å². The number of thioether (sulfide) groups is 1. The van der Waals surface area contributed by atoms with E-state index in [1.165, 1.54) is 0 Å². The number of rotatable bonds is 3. The topological polar surface area (TPSA) is 57.2 Å². The van der Waals surface area contributed by atoms with Crippen molar-refractivity contribution in [2.24, 2.45) is 0 Å². The molecule has 1 aliphatic rings. The Balaban J connectivity index is 2.33. The first-order valence-electron chi connectivity index (χ1n) is 6.07. The fourth-order valence-corrected chi connectivity index (χ4v) is 2.83. The summed E-state index contributed by atoms with van der Waals surface area (Å²) < 4.78 is 0. The molecule has 2 rings (SSSR count). The average molecular weight is 268 g/mol. The predicted molar refractivity (Wildman–Crippen MR) is 77.8 cm³/mol. The second kappa shape index (κ2) is 5.60. The van der Waals surface area contributed by atoms with Crippen LogP contribution in [0.15, 0.2) is 0 Å². The van der Waals surface area contributed by atoms with Gasteiger partial charge in [-0.05, 0) is 6.92 Å². The first kappa shape index (κ1) is 13.2. The van der Waals surface area contributed by atoms with Gasteiger partial charge in [-0.2, -0.15) is 26.7 Å². The van der Waals surface area contributed by atoms with Crippen molar-refractivity contribution in [3.63, 3.8) is 0 Å². The van der Waals surface area contributed by atoms with E-state index in [0.717, 1.165) is 24.0 Å². The summed E-state index contributed by atoms with van der Waals surface area (Å²) in [6.07, 6.45) is 0. The molecule has 1 aliphatic heterocycles. The highest BCUT2D eigenvalue weighted by Crippen LogP contribution is 2.22. The van der Waals surface area contributed by atoms with E-state index in [9.17, 15) is 0 Å². The molecule has 0 bridgehead atoms. The van der Waals surface area contributed by atoms with E-state index in [-0.39, 0.29) is 0 Å². The van der Waals surface area contributed by atoms with E-state index in [2.05, 4.69) is 32.1 Å². The normalized spacial score (nSPS) is 19.8. The fraction of sp³-hybridized carbons (Fsp3) is 0.727. The highest BCUT2D eigenvalue weighted by atomic mass is 32.2. The number of nitrogens with one attached hydrogen (secondary N) is 1. The number of aromatic nitrogens is 3. The van der Waals surface area contributed by atoms with E-state index in [1.807, 2.05) is 37.8 Å². The molecule has 100 valence electrons. The third-order valence-corrected chi connectivity index (χ3v) is 4.05. The maximum atomic E-state index is 4.54. The Morgan fingerprint density at radius 1 is 1.33 bits per heavy atom. The van der Waals surface area contributed by atoms with Gasteiger partial charge >= 0.3 is 0 Å². The Hall–Kier alpha value is -1.24. The van der Waals surface area contributed by atoms with Crippen LogP contribution in [0.1, 0.15) is 6.92 Å². The zero-order valence-electron chi connectivity index (χ0n) is 11.3. The third-order valence-electron chi connectivity index (χ3n) is 2.86. The van der Waals surface area contributed by atoms with Crippen molar-refractivity contribution in [2.45, 2.75) is 13.0 Å². The Kier molecular flexibility index (Phi) is 4.11. The fourth-order valence-electron chi connectivity index (χ4n) is 1.82. The van der Waals surface area contributed by atoms with Crippen molar-refractivity contribution >= 4 is 29.6 Å². The minimum Gasteiger partial charge on any atom is -0.357 e. The standard InChI is InChI=1S/C11H20N6S/c1-8-7-18-6-5-17(8)11-14-9(12-2)13-10(15-11)16(3)4/h8H,5-7H2,1-4H3,(H,12,13,14,15). The van der Waals surface area contributed by atoms with Gasteiger partial charge in [0.25, 0.3) is 0 Å². The Labute approximate surface area is 112 Å². The quantitative estimate of drug-likeness (QED) is 0.874.